The second kappa shape index (κ2) is 8.07. The molecule has 1 aromatic heterocycles. The Morgan fingerprint density at radius 3 is 2.57 bits per heavy atom. The van der Waals surface area contributed by atoms with Crippen LogP contribution in [0.15, 0.2) is 41.8 Å². The Morgan fingerprint density at radius 1 is 1.29 bits per heavy atom. The summed E-state index contributed by atoms with van der Waals surface area (Å²) < 4.78 is 13.2. The monoisotopic (exact) mass is 404 g/mol. The zero-order valence-corrected chi connectivity index (χ0v) is 16.3. The fourth-order valence-corrected chi connectivity index (χ4v) is 3.70. The molecule has 2 aromatic rings. The number of rotatable bonds is 7. The first-order valence-electron chi connectivity index (χ1n) is 8.82. The lowest BCUT2D eigenvalue weighted by Gasteiger charge is -2.21. The molecule has 1 saturated heterocycles. The van der Waals surface area contributed by atoms with Crippen LogP contribution in [0, 0.1) is 5.82 Å². The van der Waals surface area contributed by atoms with Crippen molar-refractivity contribution >= 4 is 29.2 Å². The first-order chi connectivity index (χ1) is 13.3. The van der Waals surface area contributed by atoms with Crippen LogP contribution < -0.4 is 16.1 Å². The average molecular weight is 404 g/mol. The van der Waals surface area contributed by atoms with E-state index in [9.17, 15) is 18.8 Å². The van der Waals surface area contributed by atoms with Crippen molar-refractivity contribution in [2.75, 3.05) is 6.54 Å². The summed E-state index contributed by atoms with van der Waals surface area (Å²) in [7, 11) is 0. The number of thiophene rings is 1. The fourth-order valence-electron chi connectivity index (χ4n) is 2.88. The molecule has 0 aliphatic carbocycles. The number of hydrogen-bond acceptors (Lipinski definition) is 5. The van der Waals surface area contributed by atoms with Crippen LogP contribution in [0.25, 0.3) is 0 Å². The summed E-state index contributed by atoms with van der Waals surface area (Å²) in [6, 6.07) is 8.83. The number of carbonyl (C=O) groups is 3. The van der Waals surface area contributed by atoms with E-state index in [4.69, 9.17) is 0 Å². The molecular weight excluding hydrogens is 383 g/mol. The van der Waals surface area contributed by atoms with Crippen molar-refractivity contribution in [3.8, 4) is 0 Å². The lowest BCUT2D eigenvalue weighted by atomic mass is 10.00. The highest BCUT2D eigenvalue weighted by molar-refractivity contribution is 7.10. The molecule has 9 heteroatoms. The van der Waals surface area contributed by atoms with Crippen LogP contribution in [-0.2, 0) is 9.59 Å². The minimum Gasteiger partial charge on any atom is -0.322 e. The number of amides is 4. The summed E-state index contributed by atoms with van der Waals surface area (Å²) in [4.78, 5) is 37.7. The number of hydrazine groups is 1. The van der Waals surface area contributed by atoms with E-state index in [0.29, 0.717) is 11.4 Å². The van der Waals surface area contributed by atoms with Gasteiger partial charge in [0.15, 0.2) is 0 Å². The number of nitrogens with one attached hydrogen (secondary N) is 3. The van der Waals surface area contributed by atoms with E-state index in [2.05, 4.69) is 16.1 Å². The number of carbonyl (C=O) groups excluding carboxylic acids is 3. The van der Waals surface area contributed by atoms with Gasteiger partial charge in [0.05, 0.1) is 12.6 Å². The van der Waals surface area contributed by atoms with Gasteiger partial charge >= 0.3 is 6.03 Å². The van der Waals surface area contributed by atoms with E-state index >= 15 is 0 Å². The molecule has 1 fully saturated rings. The van der Waals surface area contributed by atoms with Crippen molar-refractivity contribution in [2.45, 2.75) is 31.8 Å². The van der Waals surface area contributed by atoms with Crippen molar-refractivity contribution in [3.63, 3.8) is 0 Å². The van der Waals surface area contributed by atoms with E-state index in [0.717, 1.165) is 10.4 Å². The number of imide groups is 1. The molecule has 0 bridgehead atoms. The molecule has 3 rings (SSSR count). The molecule has 0 spiro atoms. The molecule has 2 unspecified atom stereocenters. The summed E-state index contributed by atoms with van der Waals surface area (Å²) in [5.74, 6) is -1.38. The highest BCUT2D eigenvalue weighted by Crippen LogP contribution is 2.26. The van der Waals surface area contributed by atoms with Gasteiger partial charge in [-0.2, -0.15) is 5.01 Å². The molecule has 0 radical (unpaired) electrons. The van der Waals surface area contributed by atoms with Gasteiger partial charge in [-0.05, 0) is 42.5 Å². The third-order valence-corrected chi connectivity index (χ3v) is 5.64. The van der Waals surface area contributed by atoms with Crippen molar-refractivity contribution in [3.05, 3.63) is 58.0 Å². The minimum absolute atomic E-state index is 0.139. The number of urea groups is 1. The van der Waals surface area contributed by atoms with E-state index in [1.807, 2.05) is 17.5 Å². The molecule has 1 aliphatic heterocycles. The van der Waals surface area contributed by atoms with E-state index < -0.39 is 23.4 Å². The van der Waals surface area contributed by atoms with Gasteiger partial charge < -0.3 is 5.32 Å². The van der Waals surface area contributed by atoms with Crippen LogP contribution in [0.4, 0.5) is 9.18 Å². The molecule has 2 heterocycles. The zero-order valence-electron chi connectivity index (χ0n) is 15.5. The molecule has 1 aromatic carbocycles. The second-order valence-corrected chi connectivity index (χ2v) is 7.65. The summed E-state index contributed by atoms with van der Waals surface area (Å²) in [5, 5.41) is 8.30. The van der Waals surface area contributed by atoms with Gasteiger partial charge in [-0.3, -0.25) is 20.3 Å². The van der Waals surface area contributed by atoms with Gasteiger partial charge in [-0.15, -0.1) is 11.3 Å². The van der Waals surface area contributed by atoms with Gasteiger partial charge in [-0.25, -0.2) is 9.18 Å². The standard InChI is InChI=1S/C19H21FN4O3S/c1-3-19(2)17(26)24(18(27)22-19)23-15(25)11-21-16(14-5-4-10-28-14)12-6-8-13(20)9-7-12/h4-10,16,21H,3,11H2,1-2H3,(H,22,27)(H,23,25). The highest BCUT2D eigenvalue weighted by atomic mass is 32.1. The van der Waals surface area contributed by atoms with Crippen molar-refractivity contribution in [1.82, 2.24) is 21.1 Å². The second-order valence-electron chi connectivity index (χ2n) is 6.67. The number of halogens is 1. The molecule has 1 aliphatic rings. The first-order valence-corrected chi connectivity index (χ1v) is 9.70. The van der Waals surface area contributed by atoms with Crippen LogP contribution in [0.2, 0.25) is 0 Å². The maximum atomic E-state index is 13.2. The van der Waals surface area contributed by atoms with Crippen molar-refractivity contribution < 1.29 is 18.8 Å². The third-order valence-electron chi connectivity index (χ3n) is 4.70. The smallest absolute Gasteiger partial charge is 0.322 e. The van der Waals surface area contributed by atoms with Crippen LogP contribution in [0.5, 0.6) is 0 Å². The maximum Gasteiger partial charge on any atom is 0.344 e. The predicted octanol–water partition coefficient (Wildman–Crippen LogP) is 2.32. The van der Waals surface area contributed by atoms with Gasteiger partial charge in [-0.1, -0.05) is 25.1 Å². The van der Waals surface area contributed by atoms with E-state index in [1.165, 1.54) is 23.5 Å². The van der Waals surface area contributed by atoms with E-state index in [1.54, 1.807) is 26.0 Å². The van der Waals surface area contributed by atoms with Crippen LogP contribution in [0.3, 0.4) is 0 Å². The molecule has 7 nitrogen and oxygen atoms in total. The molecule has 28 heavy (non-hydrogen) atoms. The largest absolute Gasteiger partial charge is 0.344 e. The van der Waals surface area contributed by atoms with Gasteiger partial charge in [0, 0.05) is 4.88 Å². The lowest BCUT2D eigenvalue weighted by Crippen LogP contribution is -2.50. The number of hydrogen-bond donors (Lipinski definition) is 3. The molecular formula is C19H21FN4O3S. The van der Waals surface area contributed by atoms with Gasteiger partial charge in [0.1, 0.15) is 11.4 Å². The van der Waals surface area contributed by atoms with Crippen LogP contribution in [0.1, 0.15) is 36.8 Å². The van der Waals surface area contributed by atoms with Crippen LogP contribution >= 0.6 is 11.3 Å². The lowest BCUT2D eigenvalue weighted by molar-refractivity contribution is -0.138. The molecule has 3 N–H and O–H groups in total. The Morgan fingerprint density at radius 2 is 2.00 bits per heavy atom. The van der Waals surface area contributed by atoms with Crippen molar-refractivity contribution in [1.29, 1.82) is 0 Å². The normalized spacial score (nSPS) is 20.2. The quantitative estimate of drug-likeness (QED) is 0.618. The predicted molar refractivity (Wildman–Crippen MR) is 103 cm³/mol. The summed E-state index contributed by atoms with van der Waals surface area (Å²) >= 11 is 1.50. The number of benzene rings is 1. The van der Waals surface area contributed by atoms with Crippen molar-refractivity contribution in [2.24, 2.45) is 0 Å². The number of nitrogens with zero attached hydrogens (tertiary/aromatic N) is 1. The first kappa shape index (κ1) is 20.0. The van der Waals surface area contributed by atoms with E-state index in [-0.39, 0.29) is 18.4 Å². The SMILES string of the molecule is CCC1(C)NC(=O)N(NC(=O)CNC(c2ccc(F)cc2)c2cccs2)C1=O. The topological polar surface area (TPSA) is 90.5 Å². The Balaban J connectivity index is 1.67. The molecule has 4 amide bonds. The Labute approximate surface area is 165 Å². The summed E-state index contributed by atoms with van der Waals surface area (Å²) in [6.45, 7) is 3.25. The van der Waals surface area contributed by atoms with Gasteiger partial charge in [0.2, 0.25) is 0 Å². The Kier molecular flexibility index (Phi) is 5.76. The fraction of sp³-hybridized carbons (Fsp3) is 0.316. The maximum absolute atomic E-state index is 13.2. The molecule has 0 saturated carbocycles. The Bertz CT molecular complexity index is 872. The third kappa shape index (κ3) is 4.05. The zero-order chi connectivity index (χ0) is 20.3. The molecule has 2 atom stereocenters. The average Bonchev–Trinajstić information content (AvgIpc) is 3.27. The Hall–Kier alpha value is -2.78. The van der Waals surface area contributed by atoms with Crippen LogP contribution in [-0.4, -0.2) is 34.9 Å². The summed E-state index contributed by atoms with van der Waals surface area (Å²) in [5.41, 5.74) is 2.12. The van der Waals surface area contributed by atoms with Gasteiger partial charge in [0.25, 0.3) is 11.8 Å². The highest BCUT2D eigenvalue weighted by Gasteiger charge is 2.47. The minimum atomic E-state index is -1.02. The summed E-state index contributed by atoms with van der Waals surface area (Å²) in [6.07, 6.45) is 0.410. The molecule has 148 valence electrons.